The highest BCUT2D eigenvalue weighted by atomic mass is 35.5. The standard InChI is InChI=1S/C15H11ClFN5/c16-10-6-4-9(5-7-10)13-14(15(18)22-20-13)21-19-12-3-1-2-11(17)8-12/h1-8H,(H3,18,20,22). The van der Waals surface area contributed by atoms with Crippen LogP contribution < -0.4 is 5.73 Å². The van der Waals surface area contributed by atoms with Gasteiger partial charge in [0.1, 0.15) is 5.82 Å². The van der Waals surface area contributed by atoms with Gasteiger partial charge in [-0.3, -0.25) is 5.10 Å². The molecule has 3 rings (SSSR count). The molecule has 0 bridgehead atoms. The zero-order valence-electron chi connectivity index (χ0n) is 11.3. The Hall–Kier alpha value is -2.73. The number of nitrogens with one attached hydrogen (secondary N) is 1. The second-order valence-corrected chi connectivity index (χ2v) is 4.96. The lowest BCUT2D eigenvalue weighted by atomic mass is 10.1. The average Bonchev–Trinajstić information content (AvgIpc) is 2.87. The number of azo groups is 1. The highest BCUT2D eigenvalue weighted by Crippen LogP contribution is 2.34. The van der Waals surface area contributed by atoms with Gasteiger partial charge in [-0.05, 0) is 24.3 Å². The zero-order valence-corrected chi connectivity index (χ0v) is 12.0. The van der Waals surface area contributed by atoms with Crippen LogP contribution in [0.5, 0.6) is 0 Å². The minimum atomic E-state index is -0.380. The van der Waals surface area contributed by atoms with Crippen LogP contribution >= 0.6 is 11.6 Å². The normalized spacial score (nSPS) is 11.2. The summed E-state index contributed by atoms with van der Waals surface area (Å²) in [6.45, 7) is 0. The van der Waals surface area contributed by atoms with Gasteiger partial charge in [0.2, 0.25) is 0 Å². The molecule has 7 heteroatoms. The van der Waals surface area contributed by atoms with Crippen LogP contribution in [0.3, 0.4) is 0 Å². The monoisotopic (exact) mass is 315 g/mol. The maximum Gasteiger partial charge on any atom is 0.173 e. The van der Waals surface area contributed by atoms with Crippen LogP contribution in [-0.2, 0) is 0 Å². The molecule has 1 heterocycles. The van der Waals surface area contributed by atoms with Crippen molar-refractivity contribution in [3.63, 3.8) is 0 Å². The van der Waals surface area contributed by atoms with Crippen LogP contribution in [0.1, 0.15) is 0 Å². The van der Waals surface area contributed by atoms with E-state index in [9.17, 15) is 4.39 Å². The highest BCUT2D eigenvalue weighted by molar-refractivity contribution is 6.30. The fourth-order valence-electron chi connectivity index (χ4n) is 1.92. The molecule has 22 heavy (non-hydrogen) atoms. The Morgan fingerprint density at radius 1 is 1.09 bits per heavy atom. The number of halogens is 2. The van der Waals surface area contributed by atoms with E-state index < -0.39 is 0 Å². The van der Waals surface area contributed by atoms with Gasteiger partial charge in [0.15, 0.2) is 11.5 Å². The summed E-state index contributed by atoms with van der Waals surface area (Å²) >= 11 is 5.87. The first kappa shape index (κ1) is 14.2. The van der Waals surface area contributed by atoms with Crippen molar-refractivity contribution in [2.75, 3.05) is 5.73 Å². The second-order valence-electron chi connectivity index (χ2n) is 4.52. The van der Waals surface area contributed by atoms with E-state index in [2.05, 4.69) is 20.4 Å². The second kappa shape index (κ2) is 5.95. The molecule has 5 nitrogen and oxygen atoms in total. The summed E-state index contributed by atoms with van der Waals surface area (Å²) in [7, 11) is 0. The molecule has 3 N–H and O–H groups in total. The van der Waals surface area contributed by atoms with E-state index in [1.165, 1.54) is 12.1 Å². The number of aromatic nitrogens is 2. The largest absolute Gasteiger partial charge is 0.380 e. The molecule has 0 aliphatic rings. The van der Waals surface area contributed by atoms with Crippen LogP contribution in [0.4, 0.5) is 21.6 Å². The molecule has 0 atom stereocenters. The van der Waals surface area contributed by atoms with Gasteiger partial charge in [0, 0.05) is 16.7 Å². The number of nitrogens with two attached hydrogens (primary N) is 1. The van der Waals surface area contributed by atoms with E-state index in [1.54, 1.807) is 24.3 Å². The number of hydrogen-bond acceptors (Lipinski definition) is 4. The van der Waals surface area contributed by atoms with Crippen molar-refractivity contribution in [3.8, 4) is 11.3 Å². The van der Waals surface area contributed by atoms with E-state index in [1.807, 2.05) is 12.1 Å². The number of benzene rings is 2. The van der Waals surface area contributed by atoms with Crippen molar-refractivity contribution in [1.29, 1.82) is 0 Å². The van der Waals surface area contributed by atoms with Gasteiger partial charge in [0.25, 0.3) is 0 Å². The Morgan fingerprint density at radius 2 is 1.86 bits per heavy atom. The van der Waals surface area contributed by atoms with Crippen LogP contribution in [0, 0.1) is 5.82 Å². The van der Waals surface area contributed by atoms with Crippen molar-refractivity contribution in [3.05, 3.63) is 59.4 Å². The van der Waals surface area contributed by atoms with E-state index >= 15 is 0 Å². The molecule has 3 aromatic rings. The van der Waals surface area contributed by atoms with E-state index in [0.717, 1.165) is 5.56 Å². The maximum absolute atomic E-state index is 13.1. The van der Waals surface area contributed by atoms with Crippen molar-refractivity contribution in [2.24, 2.45) is 10.2 Å². The minimum Gasteiger partial charge on any atom is -0.380 e. The summed E-state index contributed by atoms with van der Waals surface area (Å²) < 4.78 is 13.1. The summed E-state index contributed by atoms with van der Waals surface area (Å²) in [5, 5.41) is 15.4. The zero-order chi connectivity index (χ0) is 15.5. The molecule has 0 saturated carbocycles. The lowest BCUT2D eigenvalue weighted by molar-refractivity contribution is 0.628. The number of anilines is 1. The number of aromatic amines is 1. The lowest BCUT2D eigenvalue weighted by Gasteiger charge is -1.99. The Balaban J connectivity index is 1.97. The third kappa shape index (κ3) is 2.96. The SMILES string of the molecule is Nc1n[nH]c(-c2ccc(Cl)cc2)c1N=Nc1cccc(F)c1. The van der Waals surface area contributed by atoms with Crippen molar-refractivity contribution < 1.29 is 4.39 Å². The Morgan fingerprint density at radius 3 is 2.59 bits per heavy atom. The highest BCUT2D eigenvalue weighted by Gasteiger charge is 2.12. The third-order valence-electron chi connectivity index (χ3n) is 2.97. The molecule has 0 radical (unpaired) electrons. The molecular formula is C15H11ClFN5. The topological polar surface area (TPSA) is 79.4 Å². The summed E-state index contributed by atoms with van der Waals surface area (Å²) in [6.07, 6.45) is 0. The molecule has 0 spiro atoms. The van der Waals surface area contributed by atoms with Crippen LogP contribution in [-0.4, -0.2) is 10.2 Å². The predicted molar refractivity (Wildman–Crippen MR) is 84.0 cm³/mol. The van der Waals surface area contributed by atoms with Crippen molar-refractivity contribution in [1.82, 2.24) is 10.2 Å². The van der Waals surface area contributed by atoms with Gasteiger partial charge in [-0.1, -0.05) is 29.8 Å². The van der Waals surface area contributed by atoms with Crippen LogP contribution in [0.25, 0.3) is 11.3 Å². The molecule has 1 aromatic heterocycles. The molecule has 0 fully saturated rings. The average molecular weight is 316 g/mol. The number of nitrogens with zero attached hydrogens (tertiary/aromatic N) is 3. The number of H-pyrrole nitrogens is 1. The van der Waals surface area contributed by atoms with Gasteiger partial charge >= 0.3 is 0 Å². The Labute approximate surface area is 130 Å². The van der Waals surface area contributed by atoms with Gasteiger partial charge in [-0.15, -0.1) is 5.11 Å². The molecular weight excluding hydrogens is 305 g/mol. The fraction of sp³-hybridized carbons (Fsp3) is 0. The minimum absolute atomic E-state index is 0.213. The molecule has 0 amide bonds. The lowest BCUT2D eigenvalue weighted by Crippen LogP contribution is -1.83. The molecule has 2 aromatic carbocycles. The summed E-state index contributed by atoms with van der Waals surface area (Å²) in [5.74, 6) is -0.167. The van der Waals surface area contributed by atoms with Gasteiger partial charge in [-0.2, -0.15) is 10.2 Å². The molecule has 0 saturated heterocycles. The van der Waals surface area contributed by atoms with Gasteiger partial charge < -0.3 is 5.73 Å². The van der Waals surface area contributed by atoms with Crippen molar-refractivity contribution in [2.45, 2.75) is 0 Å². The number of rotatable bonds is 3. The number of hydrogen-bond donors (Lipinski definition) is 2. The van der Waals surface area contributed by atoms with Crippen molar-refractivity contribution >= 4 is 28.8 Å². The first-order valence-corrected chi connectivity index (χ1v) is 6.78. The Kier molecular flexibility index (Phi) is 3.84. The summed E-state index contributed by atoms with van der Waals surface area (Å²) in [6, 6.07) is 13.0. The van der Waals surface area contributed by atoms with Crippen LogP contribution in [0.2, 0.25) is 5.02 Å². The van der Waals surface area contributed by atoms with Gasteiger partial charge in [0.05, 0.1) is 11.4 Å². The predicted octanol–water partition coefficient (Wildman–Crippen LogP) is 4.87. The maximum atomic E-state index is 13.1. The van der Waals surface area contributed by atoms with Gasteiger partial charge in [-0.25, -0.2) is 4.39 Å². The smallest absolute Gasteiger partial charge is 0.173 e. The first-order valence-electron chi connectivity index (χ1n) is 6.40. The van der Waals surface area contributed by atoms with E-state index in [4.69, 9.17) is 17.3 Å². The third-order valence-corrected chi connectivity index (χ3v) is 3.23. The quantitative estimate of drug-likeness (QED) is 0.676. The summed E-state index contributed by atoms with van der Waals surface area (Å²) in [5.41, 5.74) is 8.03. The van der Waals surface area contributed by atoms with Crippen LogP contribution in [0.15, 0.2) is 58.8 Å². The van der Waals surface area contributed by atoms with E-state index in [0.29, 0.717) is 22.1 Å². The van der Waals surface area contributed by atoms with E-state index in [-0.39, 0.29) is 11.6 Å². The molecule has 0 aliphatic carbocycles. The molecule has 0 unspecified atom stereocenters. The molecule has 110 valence electrons. The molecule has 0 aliphatic heterocycles. The first-order chi connectivity index (χ1) is 10.6. The number of nitrogen functional groups attached to an aromatic ring is 1. The Bertz CT molecular complexity index is 826. The fourth-order valence-corrected chi connectivity index (χ4v) is 2.04. The summed E-state index contributed by atoms with van der Waals surface area (Å²) in [4.78, 5) is 0.